The number of carbonyl (C=O) groups excluding carboxylic acids is 1. The van der Waals surface area contributed by atoms with Crippen LogP contribution in [0.15, 0.2) is 70.8 Å². The summed E-state index contributed by atoms with van der Waals surface area (Å²) in [7, 11) is 2.35. The maximum atomic E-state index is 15.8. The molecule has 0 spiro atoms. The van der Waals surface area contributed by atoms with Gasteiger partial charge in [-0.05, 0) is 66.9 Å². The molecule has 4 aromatic rings. The van der Waals surface area contributed by atoms with E-state index in [-0.39, 0.29) is 23.8 Å². The number of benzene rings is 3. The molecule has 1 aliphatic rings. The quantitative estimate of drug-likeness (QED) is 0.0783. The first-order valence-electron chi connectivity index (χ1n) is 17.1. The molecule has 15 heteroatoms. The van der Waals surface area contributed by atoms with Gasteiger partial charge in [0, 0.05) is 41.8 Å². The van der Waals surface area contributed by atoms with Crippen molar-refractivity contribution in [2.24, 2.45) is 5.92 Å². The highest BCUT2D eigenvalue weighted by Gasteiger charge is 2.38. The van der Waals surface area contributed by atoms with Crippen LogP contribution < -0.4 is 4.74 Å². The van der Waals surface area contributed by atoms with Crippen LogP contribution in [0.3, 0.4) is 0 Å². The second-order valence-electron chi connectivity index (χ2n) is 14.5. The second-order valence-corrected chi connectivity index (χ2v) is 17.7. The zero-order valence-electron chi connectivity index (χ0n) is 30.8. The molecule has 0 N–H and O–H groups in total. The first-order chi connectivity index (χ1) is 24.9. The average Bonchev–Trinajstić information content (AvgIpc) is 3.55. The summed E-state index contributed by atoms with van der Waals surface area (Å²) in [5.74, 6) is -3.15. The number of carbonyl (C=O) groups is 1. The minimum atomic E-state index is -4.53. The second kappa shape index (κ2) is 16.0. The van der Waals surface area contributed by atoms with Gasteiger partial charge in [0.2, 0.25) is 10.0 Å². The number of aromatic nitrogens is 2. The molecular weight excluding hydrogens is 749 g/mol. The van der Waals surface area contributed by atoms with E-state index >= 15 is 8.78 Å². The molecule has 1 atom stereocenters. The Morgan fingerprint density at radius 2 is 1.68 bits per heavy atom. The van der Waals surface area contributed by atoms with Crippen LogP contribution in [-0.4, -0.2) is 86.7 Å². The molecule has 1 aromatic heterocycles. The molecule has 5 rings (SSSR count). The van der Waals surface area contributed by atoms with Gasteiger partial charge in [-0.2, -0.15) is 4.31 Å². The average molecular weight is 794 g/mol. The summed E-state index contributed by atoms with van der Waals surface area (Å²) in [5, 5.41) is 0.806. The highest BCUT2D eigenvalue weighted by atomic mass is 35.5. The molecular formula is C38H45ClF3N4O5S2+. The predicted octanol–water partition coefficient (Wildman–Crippen LogP) is 7.61. The summed E-state index contributed by atoms with van der Waals surface area (Å²) in [5.41, 5.74) is 1.04. The SMILES string of the molecule is COC(=O)[C@@H](C)N(CC1CC[N+](C)(C)CC1)S(=O)(=O)c1cc(F)c(CSc2ncc(C(C)(C)c3ccc(Cl)c(OC)c3)n2-c2ccc(F)cc2)c(F)c1. The summed E-state index contributed by atoms with van der Waals surface area (Å²) in [6.07, 6.45) is 3.11. The lowest BCUT2D eigenvalue weighted by Crippen LogP contribution is -2.51. The fraction of sp³-hybridized carbons (Fsp3) is 0.421. The number of methoxy groups -OCH3 is 2. The van der Waals surface area contributed by atoms with E-state index in [9.17, 15) is 17.6 Å². The minimum Gasteiger partial charge on any atom is -0.495 e. The number of rotatable bonds is 13. The van der Waals surface area contributed by atoms with E-state index in [1.165, 1.54) is 26.2 Å². The number of sulfonamides is 1. The Bertz CT molecular complexity index is 2040. The maximum absolute atomic E-state index is 15.8. The third-order valence-electron chi connectivity index (χ3n) is 10.1. The number of piperidine rings is 1. The molecule has 1 fully saturated rings. The number of hydrogen-bond donors (Lipinski definition) is 0. The first-order valence-corrected chi connectivity index (χ1v) is 19.9. The van der Waals surface area contributed by atoms with Crippen LogP contribution in [0.4, 0.5) is 13.2 Å². The zero-order valence-corrected chi connectivity index (χ0v) is 33.2. The molecule has 9 nitrogen and oxygen atoms in total. The van der Waals surface area contributed by atoms with Gasteiger partial charge in [0.25, 0.3) is 0 Å². The number of thioether (sulfide) groups is 1. The Kier molecular flexibility index (Phi) is 12.3. The largest absolute Gasteiger partial charge is 0.495 e. The summed E-state index contributed by atoms with van der Waals surface area (Å²) in [4.78, 5) is 16.6. The topological polar surface area (TPSA) is 90.7 Å². The lowest BCUT2D eigenvalue weighted by molar-refractivity contribution is -0.896. The van der Waals surface area contributed by atoms with Crippen LogP contribution in [0.1, 0.15) is 50.4 Å². The molecule has 286 valence electrons. The van der Waals surface area contributed by atoms with Crippen molar-refractivity contribution in [1.29, 1.82) is 0 Å². The van der Waals surface area contributed by atoms with Crippen molar-refractivity contribution < 1.29 is 40.3 Å². The molecule has 53 heavy (non-hydrogen) atoms. The lowest BCUT2D eigenvalue weighted by atomic mass is 9.81. The van der Waals surface area contributed by atoms with Crippen LogP contribution in [0, 0.1) is 23.4 Å². The Labute approximate surface area is 318 Å². The standard InChI is InChI=1S/C38H45ClF3N4O5S2/c1-24(36(47)51-7)44(22-25-14-16-46(4,5)17-15-25)53(48,49)29-19-32(41)30(33(42)20-29)23-52-37-43-21-35(45(37)28-11-9-27(40)10-12-28)38(2,3)26-8-13-31(39)34(18-26)50-6/h8-13,18-21,24-25H,14-17,22-23H2,1-7H3/q+1/t24-/m1/s1. The highest BCUT2D eigenvalue weighted by Crippen LogP contribution is 2.40. The smallest absolute Gasteiger partial charge is 0.323 e. The van der Waals surface area contributed by atoms with E-state index in [0.717, 1.165) is 71.3 Å². The van der Waals surface area contributed by atoms with Gasteiger partial charge < -0.3 is 14.0 Å². The molecule has 3 aromatic carbocycles. The summed E-state index contributed by atoms with van der Waals surface area (Å²) >= 11 is 7.33. The number of nitrogens with zero attached hydrogens (tertiary/aromatic N) is 4. The van der Waals surface area contributed by atoms with Gasteiger partial charge in [-0.3, -0.25) is 9.36 Å². The fourth-order valence-corrected chi connectivity index (χ4v) is 9.45. The highest BCUT2D eigenvalue weighted by molar-refractivity contribution is 7.98. The van der Waals surface area contributed by atoms with Crippen molar-refractivity contribution in [2.45, 2.75) is 60.9 Å². The van der Waals surface area contributed by atoms with Gasteiger partial charge in [0.1, 0.15) is 29.2 Å². The maximum Gasteiger partial charge on any atom is 0.323 e. The first kappa shape index (κ1) is 40.6. The monoisotopic (exact) mass is 793 g/mol. The van der Waals surface area contributed by atoms with E-state index in [1.54, 1.807) is 29.0 Å². The summed E-state index contributed by atoms with van der Waals surface area (Å²) < 4.78 is 87.6. The van der Waals surface area contributed by atoms with Gasteiger partial charge >= 0.3 is 5.97 Å². The summed E-state index contributed by atoms with van der Waals surface area (Å²) in [6.45, 7) is 7.01. The lowest BCUT2D eigenvalue weighted by Gasteiger charge is -2.39. The van der Waals surface area contributed by atoms with Gasteiger partial charge in [-0.25, -0.2) is 26.6 Å². The van der Waals surface area contributed by atoms with E-state index < -0.39 is 49.8 Å². The van der Waals surface area contributed by atoms with Gasteiger partial charge in [0.05, 0.1) is 63.2 Å². The normalized spacial score (nSPS) is 15.8. The van der Waals surface area contributed by atoms with Gasteiger partial charge in [0.15, 0.2) is 5.16 Å². The van der Waals surface area contributed by atoms with Crippen molar-refractivity contribution in [3.63, 3.8) is 0 Å². The molecule has 0 aliphatic carbocycles. The third kappa shape index (κ3) is 8.72. The summed E-state index contributed by atoms with van der Waals surface area (Å²) in [6, 6.07) is 11.6. The van der Waals surface area contributed by atoms with Crippen LogP contribution in [0.25, 0.3) is 5.69 Å². The van der Waals surface area contributed by atoms with E-state index in [2.05, 4.69) is 19.1 Å². The third-order valence-corrected chi connectivity index (χ3v) is 13.3. The number of quaternary nitrogens is 1. The van der Waals surface area contributed by atoms with Crippen molar-refractivity contribution in [3.05, 3.63) is 100 Å². The Balaban J connectivity index is 1.47. The predicted molar refractivity (Wildman–Crippen MR) is 200 cm³/mol. The molecule has 1 saturated heterocycles. The zero-order chi connectivity index (χ0) is 38.9. The van der Waals surface area contributed by atoms with Gasteiger partial charge in [-0.15, -0.1) is 0 Å². The van der Waals surface area contributed by atoms with E-state index in [0.29, 0.717) is 27.3 Å². The molecule has 0 radical (unpaired) electrons. The van der Waals surface area contributed by atoms with Crippen LogP contribution >= 0.6 is 23.4 Å². The van der Waals surface area contributed by atoms with Crippen molar-refractivity contribution in [2.75, 3.05) is 47.9 Å². The molecule has 2 heterocycles. The Morgan fingerprint density at radius 3 is 2.26 bits per heavy atom. The number of ether oxygens (including phenoxy) is 2. The number of imidazole rings is 1. The molecule has 0 amide bonds. The number of halogens is 4. The number of likely N-dealkylation sites (tertiary alicyclic amines) is 1. The van der Waals surface area contributed by atoms with E-state index in [4.69, 9.17) is 21.1 Å². The molecule has 1 aliphatic heterocycles. The van der Waals surface area contributed by atoms with Crippen molar-refractivity contribution >= 4 is 39.4 Å². The Hall–Kier alpha value is -3.56. The molecule has 0 unspecified atom stereocenters. The number of esters is 1. The molecule has 0 saturated carbocycles. The van der Waals surface area contributed by atoms with Gasteiger partial charge in [-0.1, -0.05) is 43.3 Å². The van der Waals surface area contributed by atoms with Crippen molar-refractivity contribution in [1.82, 2.24) is 13.9 Å². The van der Waals surface area contributed by atoms with E-state index in [1.807, 2.05) is 26.0 Å². The Morgan fingerprint density at radius 1 is 1.06 bits per heavy atom. The van der Waals surface area contributed by atoms with Crippen LogP contribution in [0.2, 0.25) is 5.02 Å². The fourth-order valence-electron chi connectivity index (χ4n) is 6.56. The minimum absolute atomic E-state index is 0.00691. The van der Waals surface area contributed by atoms with Crippen LogP contribution in [-0.2, 0) is 30.7 Å². The van der Waals surface area contributed by atoms with Crippen molar-refractivity contribution in [3.8, 4) is 11.4 Å². The molecule has 0 bridgehead atoms. The van der Waals surface area contributed by atoms with Crippen LogP contribution in [0.5, 0.6) is 5.75 Å². The number of hydrogen-bond acceptors (Lipinski definition) is 7.